The predicted octanol–water partition coefficient (Wildman–Crippen LogP) is 19.8. The molecule has 0 nitrogen and oxygen atoms in total. The van der Waals surface area contributed by atoms with Crippen molar-refractivity contribution in [2.24, 2.45) is 32.5 Å². The second-order valence-corrected chi connectivity index (χ2v) is 17.9. The molecule has 308 valence electrons. The van der Waals surface area contributed by atoms with Crippen molar-refractivity contribution in [3.8, 4) is 0 Å². The fraction of sp³-hybridized carbons (Fsp3) is 0.760. The molecule has 0 atom stereocenters. The van der Waals surface area contributed by atoms with Crippen LogP contribution >= 0.6 is 0 Å². The Balaban J connectivity index is -0.0000000528. The smallest absolute Gasteiger partial charge is 0.0140 e. The average molecular weight is 709 g/mol. The van der Waals surface area contributed by atoms with Crippen LogP contribution in [0.2, 0.25) is 0 Å². The molecule has 0 radical (unpaired) electrons. The third kappa shape index (κ3) is 80.8. The minimum absolute atomic E-state index is 0. The zero-order chi connectivity index (χ0) is 35.7. The van der Waals surface area contributed by atoms with Gasteiger partial charge in [0.05, 0.1) is 0 Å². The fourth-order valence-electron chi connectivity index (χ4n) is 3.39. The summed E-state index contributed by atoms with van der Waals surface area (Å²) in [6.07, 6.45) is 34.1. The summed E-state index contributed by atoms with van der Waals surface area (Å²) in [4.78, 5) is 0. The topological polar surface area (TPSA) is 0 Å². The number of rotatable bonds is 10. The second-order valence-electron chi connectivity index (χ2n) is 17.9. The summed E-state index contributed by atoms with van der Waals surface area (Å²) in [5.74, 6) is 0. The molecule has 0 aromatic carbocycles. The number of allylic oxidation sites excluding steroid dienone is 12. The van der Waals surface area contributed by atoms with Crippen LogP contribution in [0.4, 0.5) is 0 Å². The van der Waals surface area contributed by atoms with Crippen molar-refractivity contribution in [3.05, 3.63) is 72.9 Å². The third-order valence-electron chi connectivity index (χ3n) is 5.84. The molecule has 0 fully saturated rings. The van der Waals surface area contributed by atoms with E-state index in [0.717, 1.165) is 38.5 Å². The SMILES string of the molecule is C.C.C.C.C.C.CCC=CC(C)(C)C.CCC=CC(C)(C)C.CCC=CC(C)(C)CC=CC(C)(C)C.CCC=CC(C)(C)CC=CC(C)(C)C. The lowest BCUT2D eigenvalue weighted by atomic mass is 9.86. The summed E-state index contributed by atoms with van der Waals surface area (Å²) in [7, 11) is 0. The first-order valence-electron chi connectivity index (χ1n) is 17.7. The van der Waals surface area contributed by atoms with Gasteiger partial charge in [0.1, 0.15) is 0 Å². The Labute approximate surface area is 326 Å². The Hall–Kier alpha value is -1.56. The van der Waals surface area contributed by atoms with E-state index in [1.54, 1.807) is 0 Å². The lowest BCUT2D eigenvalue weighted by molar-refractivity contribution is 0.478. The molecule has 0 amide bonds. The van der Waals surface area contributed by atoms with Gasteiger partial charge in [-0.1, -0.05) is 256 Å². The van der Waals surface area contributed by atoms with Gasteiger partial charge in [0, 0.05) is 0 Å². The highest BCUT2D eigenvalue weighted by molar-refractivity contribution is 5.02. The summed E-state index contributed by atoms with van der Waals surface area (Å²) in [5, 5.41) is 0. The van der Waals surface area contributed by atoms with Crippen LogP contribution in [0.1, 0.15) is 222 Å². The summed E-state index contributed by atoms with van der Waals surface area (Å²) in [5.41, 5.74) is 1.97. The Morgan fingerprint density at radius 3 is 0.560 bits per heavy atom. The van der Waals surface area contributed by atoms with Crippen molar-refractivity contribution < 1.29 is 0 Å². The fourth-order valence-corrected chi connectivity index (χ4v) is 3.39. The van der Waals surface area contributed by atoms with E-state index in [9.17, 15) is 0 Å². The van der Waals surface area contributed by atoms with E-state index in [-0.39, 0.29) is 44.6 Å². The maximum absolute atomic E-state index is 2.32. The summed E-state index contributed by atoms with van der Waals surface area (Å²) >= 11 is 0. The quantitative estimate of drug-likeness (QED) is 0.198. The molecule has 0 heteroatoms. The van der Waals surface area contributed by atoms with Crippen LogP contribution in [0.15, 0.2) is 72.9 Å². The van der Waals surface area contributed by atoms with Crippen LogP contribution in [-0.2, 0) is 0 Å². The zero-order valence-corrected chi connectivity index (χ0v) is 34.2. The van der Waals surface area contributed by atoms with Gasteiger partial charge >= 0.3 is 0 Å². The molecule has 0 heterocycles. The van der Waals surface area contributed by atoms with E-state index in [2.05, 4.69) is 211 Å². The number of hydrogen-bond acceptors (Lipinski definition) is 0. The van der Waals surface area contributed by atoms with E-state index in [1.165, 1.54) is 0 Å². The van der Waals surface area contributed by atoms with Crippen molar-refractivity contribution >= 4 is 0 Å². The molecular weight excluding hydrogens is 601 g/mol. The van der Waals surface area contributed by atoms with Crippen LogP contribution < -0.4 is 0 Å². The third-order valence-corrected chi connectivity index (χ3v) is 5.84. The molecule has 50 heavy (non-hydrogen) atoms. The van der Waals surface area contributed by atoms with Gasteiger partial charge in [-0.05, 0) is 71.0 Å². The average Bonchev–Trinajstić information content (AvgIpc) is 2.82. The Bertz CT molecular complexity index is 746. The first kappa shape index (κ1) is 73.8. The van der Waals surface area contributed by atoms with Crippen LogP contribution in [0, 0.1) is 32.5 Å². The normalized spacial score (nSPS) is 12.2. The molecule has 0 aliphatic rings. The molecule has 0 bridgehead atoms. The minimum Gasteiger partial charge on any atom is -0.0883 e. The molecule has 0 rings (SSSR count). The van der Waals surface area contributed by atoms with E-state index in [4.69, 9.17) is 0 Å². The van der Waals surface area contributed by atoms with E-state index in [1.807, 2.05) is 0 Å². The Morgan fingerprint density at radius 2 is 0.420 bits per heavy atom. The highest BCUT2D eigenvalue weighted by atomic mass is 14.2. The van der Waals surface area contributed by atoms with Gasteiger partial charge in [-0.3, -0.25) is 0 Å². The lowest BCUT2D eigenvalue weighted by Crippen LogP contribution is -2.06. The summed E-state index contributed by atoms with van der Waals surface area (Å²) in [6.45, 7) is 44.5. The zero-order valence-electron chi connectivity index (χ0n) is 34.2. The first-order valence-corrected chi connectivity index (χ1v) is 17.7. The van der Waals surface area contributed by atoms with Crippen LogP contribution in [0.25, 0.3) is 0 Å². The lowest BCUT2D eigenvalue weighted by Gasteiger charge is -2.19. The number of hydrogen-bond donors (Lipinski definition) is 0. The monoisotopic (exact) mass is 709 g/mol. The van der Waals surface area contributed by atoms with Gasteiger partial charge in [0.15, 0.2) is 0 Å². The molecule has 0 aliphatic heterocycles. The molecule has 0 saturated heterocycles. The van der Waals surface area contributed by atoms with Crippen LogP contribution in [-0.4, -0.2) is 0 Å². The van der Waals surface area contributed by atoms with E-state index < -0.39 is 0 Å². The highest BCUT2D eigenvalue weighted by Gasteiger charge is 2.13. The first-order chi connectivity index (χ1) is 19.7. The van der Waals surface area contributed by atoms with Gasteiger partial charge in [0.25, 0.3) is 0 Å². The van der Waals surface area contributed by atoms with Gasteiger partial charge in [0.2, 0.25) is 0 Å². The summed E-state index contributed by atoms with van der Waals surface area (Å²) in [6, 6.07) is 0. The van der Waals surface area contributed by atoms with Gasteiger partial charge < -0.3 is 0 Å². The molecule has 0 spiro atoms. The van der Waals surface area contributed by atoms with Crippen molar-refractivity contribution in [3.63, 3.8) is 0 Å². The molecular formula is C50H108. The maximum atomic E-state index is 2.32. The predicted molar refractivity (Wildman–Crippen MR) is 251 cm³/mol. The van der Waals surface area contributed by atoms with Crippen molar-refractivity contribution in [1.82, 2.24) is 0 Å². The van der Waals surface area contributed by atoms with Gasteiger partial charge in [-0.2, -0.15) is 0 Å². The van der Waals surface area contributed by atoms with Crippen LogP contribution in [0.5, 0.6) is 0 Å². The van der Waals surface area contributed by atoms with Crippen molar-refractivity contribution in [2.45, 2.75) is 222 Å². The Morgan fingerprint density at radius 1 is 0.260 bits per heavy atom. The van der Waals surface area contributed by atoms with E-state index in [0.29, 0.717) is 32.5 Å². The van der Waals surface area contributed by atoms with Gasteiger partial charge in [-0.25, -0.2) is 0 Å². The largest absolute Gasteiger partial charge is 0.0883 e. The molecule has 0 unspecified atom stereocenters. The molecule has 0 N–H and O–H groups in total. The second kappa shape index (κ2) is 37.2. The highest BCUT2D eigenvalue weighted by Crippen LogP contribution is 2.26. The molecule has 0 saturated carbocycles. The van der Waals surface area contributed by atoms with E-state index >= 15 is 0 Å². The van der Waals surface area contributed by atoms with Crippen molar-refractivity contribution in [1.29, 1.82) is 0 Å². The van der Waals surface area contributed by atoms with Crippen molar-refractivity contribution in [2.75, 3.05) is 0 Å². The summed E-state index contributed by atoms with van der Waals surface area (Å²) < 4.78 is 0. The van der Waals surface area contributed by atoms with Gasteiger partial charge in [-0.15, -0.1) is 0 Å². The standard InChI is InChI=1S/2C14H26.2C8H16.6CH4/c2*1-7-8-11-14(5,6)12-9-10-13(2,3)4;2*1-5-6-7-8(2,3)4;;;;;;/h2*8-11H,7,12H2,1-6H3;2*6-7H,5H2,1-4H3;6*1H4. The Kier molecular flexibility index (Phi) is 54.9. The molecule has 0 aromatic rings. The molecule has 0 aromatic heterocycles. The van der Waals surface area contributed by atoms with Crippen LogP contribution in [0.3, 0.4) is 0 Å². The minimum atomic E-state index is 0. The maximum Gasteiger partial charge on any atom is -0.0140 e. The molecule has 0 aliphatic carbocycles.